The molecule has 1 aromatic carbocycles. The largest absolute Gasteiger partial charge is 0.378 e. The van der Waals surface area contributed by atoms with Gasteiger partial charge in [-0.25, -0.2) is 0 Å². The molecule has 1 aromatic rings. The van der Waals surface area contributed by atoms with Crippen LogP contribution in [0.1, 0.15) is 31.2 Å². The molecule has 130 valence electrons. The van der Waals surface area contributed by atoms with Crippen molar-refractivity contribution in [3.8, 4) is 0 Å². The zero-order valence-corrected chi connectivity index (χ0v) is 14.7. The Bertz CT molecular complexity index is 555. The summed E-state index contributed by atoms with van der Waals surface area (Å²) in [6.45, 7) is 7.64. The summed E-state index contributed by atoms with van der Waals surface area (Å²) in [5, 5.41) is 0. The average Bonchev–Trinajstić information content (AvgIpc) is 3.09. The number of likely N-dealkylation sites (tertiary alicyclic amines) is 1. The lowest BCUT2D eigenvalue weighted by atomic mass is 9.60. The topological polar surface area (TPSA) is 15.7 Å². The third-order valence-electron chi connectivity index (χ3n) is 7.21. The van der Waals surface area contributed by atoms with E-state index < -0.39 is 0 Å². The van der Waals surface area contributed by atoms with E-state index in [0.29, 0.717) is 0 Å². The molecule has 5 aliphatic rings. The van der Waals surface area contributed by atoms with E-state index in [1.807, 2.05) is 0 Å². The number of morpholine rings is 1. The molecule has 6 rings (SSSR count). The molecule has 0 spiro atoms. The number of anilines is 1. The van der Waals surface area contributed by atoms with E-state index in [-0.39, 0.29) is 0 Å². The van der Waals surface area contributed by atoms with Crippen molar-refractivity contribution in [2.45, 2.75) is 32.2 Å². The van der Waals surface area contributed by atoms with Gasteiger partial charge in [0.15, 0.2) is 0 Å². The summed E-state index contributed by atoms with van der Waals surface area (Å²) in [6, 6.07) is 9.24. The number of nitrogens with zero attached hydrogens (tertiary/aromatic N) is 2. The highest BCUT2D eigenvalue weighted by Gasteiger charge is 2.47. The molecule has 2 heterocycles. The lowest BCUT2D eigenvalue weighted by Gasteiger charge is -2.45. The Balaban J connectivity index is 1.27. The van der Waals surface area contributed by atoms with Crippen molar-refractivity contribution in [3.63, 3.8) is 0 Å². The van der Waals surface area contributed by atoms with E-state index in [1.165, 1.54) is 50.0 Å². The summed E-state index contributed by atoms with van der Waals surface area (Å²) in [4.78, 5) is 5.22. The van der Waals surface area contributed by atoms with Crippen LogP contribution in [0.5, 0.6) is 0 Å². The van der Waals surface area contributed by atoms with Gasteiger partial charge >= 0.3 is 0 Å². The van der Waals surface area contributed by atoms with Crippen LogP contribution in [-0.4, -0.2) is 44.3 Å². The highest BCUT2D eigenvalue weighted by Crippen LogP contribution is 2.51. The predicted molar refractivity (Wildman–Crippen MR) is 97.2 cm³/mol. The molecule has 2 aliphatic heterocycles. The van der Waals surface area contributed by atoms with Crippen molar-refractivity contribution in [2.75, 3.05) is 44.3 Å². The number of fused-ring (bicyclic) bond motifs is 2. The summed E-state index contributed by atoms with van der Waals surface area (Å²) >= 11 is 0. The molecule has 0 amide bonds. The third kappa shape index (κ3) is 2.76. The SMILES string of the molecule is c1cc(CN2C[C@@H]3C4CCC(CC4)[C@@H]3C2)cc(N2CCOCC2)c1. The van der Waals surface area contributed by atoms with E-state index in [9.17, 15) is 0 Å². The fraction of sp³-hybridized carbons (Fsp3) is 0.714. The minimum absolute atomic E-state index is 0.864. The molecule has 3 heteroatoms. The first kappa shape index (κ1) is 15.2. The van der Waals surface area contributed by atoms with Crippen molar-refractivity contribution >= 4 is 5.69 Å². The van der Waals surface area contributed by atoms with Crippen LogP contribution in [0.25, 0.3) is 0 Å². The summed E-state index contributed by atoms with van der Waals surface area (Å²) in [7, 11) is 0. The first-order valence-corrected chi connectivity index (χ1v) is 10.0. The van der Waals surface area contributed by atoms with E-state index in [2.05, 4.69) is 34.1 Å². The molecule has 0 radical (unpaired) electrons. The molecule has 0 aromatic heterocycles. The van der Waals surface area contributed by atoms with Crippen LogP contribution < -0.4 is 4.90 Å². The van der Waals surface area contributed by atoms with E-state index in [4.69, 9.17) is 4.74 Å². The standard InChI is InChI=1S/C21H30N2O/c1-2-16(12-19(3-1)23-8-10-24-11-9-23)13-22-14-20-17-4-5-18(7-6-17)21(20)15-22/h1-3,12,17-18,20-21H,4-11,13-15H2/t17?,18?,20-,21+. The van der Waals surface area contributed by atoms with E-state index in [1.54, 1.807) is 0 Å². The van der Waals surface area contributed by atoms with Gasteiger partial charge in [-0.2, -0.15) is 0 Å². The van der Waals surface area contributed by atoms with Gasteiger partial charge in [-0.3, -0.25) is 4.90 Å². The Hall–Kier alpha value is -1.06. The monoisotopic (exact) mass is 326 g/mol. The molecular weight excluding hydrogens is 296 g/mol. The van der Waals surface area contributed by atoms with Gasteiger partial charge in [-0.1, -0.05) is 12.1 Å². The molecular formula is C21H30N2O. The molecule has 24 heavy (non-hydrogen) atoms. The number of hydrogen-bond donors (Lipinski definition) is 0. The zero-order chi connectivity index (χ0) is 15.9. The van der Waals surface area contributed by atoms with Crippen LogP contribution >= 0.6 is 0 Å². The fourth-order valence-electron chi connectivity index (χ4n) is 6.00. The molecule has 0 unspecified atom stereocenters. The maximum Gasteiger partial charge on any atom is 0.0642 e. The van der Waals surface area contributed by atoms with Crippen LogP contribution in [0, 0.1) is 23.7 Å². The second-order valence-corrected chi connectivity index (χ2v) is 8.47. The van der Waals surface area contributed by atoms with Gasteiger partial charge in [0.25, 0.3) is 0 Å². The quantitative estimate of drug-likeness (QED) is 0.847. The minimum atomic E-state index is 0.864. The van der Waals surface area contributed by atoms with Crippen molar-refractivity contribution in [1.29, 1.82) is 0 Å². The normalized spacial score (nSPS) is 36.1. The number of ether oxygens (including phenoxy) is 1. The Labute approximate surface area is 146 Å². The zero-order valence-electron chi connectivity index (χ0n) is 14.7. The van der Waals surface area contributed by atoms with Crippen LogP contribution in [-0.2, 0) is 11.3 Å². The van der Waals surface area contributed by atoms with E-state index >= 15 is 0 Å². The molecule has 3 saturated carbocycles. The minimum Gasteiger partial charge on any atom is -0.378 e. The van der Waals surface area contributed by atoms with Gasteiger partial charge in [-0.05, 0) is 67.1 Å². The first-order chi connectivity index (χ1) is 11.9. The summed E-state index contributed by atoms with van der Waals surface area (Å²) in [6.07, 6.45) is 6.08. The Morgan fingerprint density at radius 2 is 1.58 bits per heavy atom. The second-order valence-electron chi connectivity index (χ2n) is 8.47. The van der Waals surface area contributed by atoms with Crippen molar-refractivity contribution in [3.05, 3.63) is 29.8 Å². The van der Waals surface area contributed by atoms with Crippen molar-refractivity contribution in [2.24, 2.45) is 23.7 Å². The summed E-state index contributed by atoms with van der Waals surface area (Å²) in [5.74, 6) is 4.12. The van der Waals surface area contributed by atoms with Gasteiger partial charge < -0.3 is 9.64 Å². The molecule has 3 nitrogen and oxygen atoms in total. The van der Waals surface area contributed by atoms with Gasteiger partial charge in [0.2, 0.25) is 0 Å². The summed E-state index contributed by atoms with van der Waals surface area (Å²) < 4.78 is 5.49. The van der Waals surface area contributed by atoms with Crippen molar-refractivity contribution < 1.29 is 4.74 Å². The lowest BCUT2D eigenvalue weighted by Crippen LogP contribution is -2.38. The maximum absolute atomic E-state index is 5.49. The Morgan fingerprint density at radius 3 is 2.25 bits per heavy atom. The van der Waals surface area contributed by atoms with Crippen LogP contribution in [0.15, 0.2) is 24.3 Å². The van der Waals surface area contributed by atoms with Crippen molar-refractivity contribution in [1.82, 2.24) is 4.90 Å². The summed E-state index contributed by atoms with van der Waals surface area (Å²) in [5.41, 5.74) is 2.87. The first-order valence-electron chi connectivity index (χ1n) is 10.0. The maximum atomic E-state index is 5.49. The number of hydrogen-bond acceptors (Lipinski definition) is 3. The van der Waals surface area contributed by atoms with Gasteiger partial charge in [0.1, 0.15) is 0 Å². The van der Waals surface area contributed by atoms with Gasteiger partial charge in [0.05, 0.1) is 13.2 Å². The highest BCUT2D eigenvalue weighted by atomic mass is 16.5. The van der Waals surface area contributed by atoms with Gasteiger partial charge in [-0.15, -0.1) is 0 Å². The van der Waals surface area contributed by atoms with Crippen LogP contribution in [0.4, 0.5) is 5.69 Å². The highest BCUT2D eigenvalue weighted by molar-refractivity contribution is 5.49. The number of rotatable bonds is 3. The molecule has 3 aliphatic carbocycles. The van der Waals surface area contributed by atoms with Gasteiger partial charge in [0, 0.05) is 38.4 Å². The Kier molecular flexibility index (Phi) is 4.02. The molecule has 5 fully saturated rings. The lowest BCUT2D eigenvalue weighted by molar-refractivity contribution is 0.0577. The number of benzene rings is 1. The molecule has 2 bridgehead atoms. The molecule has 2 saturated heterocycles. The average molecular weight is 326 g/mol. The molecule has 0 N–H and O–H groups in total. The predicted octanol–water partition coefficient (Wildman–Crippen LogP) is 3.39. The fourth-order valence-corrected chi connectivity index (χ4v) is 6.00. The van der Waals surface area contributed by atoms with E-state index in [0.717, 1.165) is 56.5 Å². The third-order valence-corrected chi connectivity index (χ3v) is 7.21. The Morgan fingerprint density at radius 1 is 0.917 bits per heavy atom. The second kappa shape index (κ2) is 6.34. The van der Waals surface area contributed by atoms with Crippen LogP contribution in [0.3, 0.4) is 0 Å². The molecule has 2 atom stereocenters. The smallest absolute Gasteiger partial charge is 0.0642 e. The van der Waals surface area contributed by atoms with Crippen LogP contribution in [0.2, 0.25) is 0 Å².